The molecule has 2 atom stereocenters. The molecule has 2 saturated heterocycles. The molecule has 2 aliphatic rings. The topological polar surface area (TPSA) is 99.2 Å². The summed E-state index contributed by atoms with van der Waals surface area (Å²) in [6, 6.07) is 5.70. The van der Waals surface area contributed by atoms with Crippen LogP contribution in [0.15, 0.2) is 30.6 Å². The lowest BCUT2D eigenvalue weighted by Crippen LogP contribution is -2.34. The Labute approximate surface area is 160 Å². The number of nitrogens with two attached hydrogens (primary N) is 1. The molecule has 2 aliphatic heterocycles. The highest BCUT2D eigenvalue weighted by atomic mass is 32.2. The second-order valence-corrected chi connectivity index (χ2v) is 8.73. The summed E-state index contributed by atoms with van der Waals surface area (Å²) in [5.74, 6) is 1.42. The number of ether oxygens (including phenoxy) is 1. The number of nitrogens with one attached hydrogen (secondary N) is 1. The maximum absolute atomic E-state index is 12.0. The van der Waals surface area contributed by atoms with Crippen molar-refractivity contribution in [2.24, 2.45) is 5.73 Å². The first-order chi connectivity index (χ1) is 13.1. The predicted molar refractivity (Wildman–Crippen MR) is 104 cm³/mol. The molecule has 0 bridgehead atoms. The van der Waals surface area contributed by atoms with E-state index in [9.17, 15) is 9.00 Å². The van der Waals surface area contributed by atoms with E-state index >= 15 is 0 Å². The number of amides is 1. The van der Waals surface area contributed by atoms with Gasteiger partial charge in [-0.3, -0.25) is 13.7 Å². The van der Waals surface area contributed by atoms with Gasteiger partial charge < -0.3 is 15.8 Å². The molecular weight excluding hydrogens is 364 g/mol. The average Bonchev–Trinajstić information content (AvgIpc) is 3.32. The maximum atomic E-state index is 12.0. The highest BCUT2D eigenvalue weighted by molar-refractivity contribution is 7.85. The van der Waals surface area contributed by atoms with Crippen LogP contribution in [0.2, 0.25) is 0 Å². The average molecular weight is 388 g/mol. The van der Waals surface area contributed by atoms with Gasteiger partial charge in [-0.1, -0.05) is 6.07 Å². The van der Waals surface area contributed by atoms with Crippen molar-refractivity contribution in [2.45, 2.75) is 31.4 Å². The van der Waals surface area contributed by atoms with Gasteiger partial charge in [0.15, 0.2) is 0 Å². The molecule has 144 valence electrons. The van der Waals surface area contributed by atoms with E-state index in [0.29, 0.717) is 17.1 Å². The molecule has 2 aromatic rings. The van der Waals surface area contributed by atoms with Crippen molar-refractivity contribution in [1.29, 1.82) is 0 Å². The Balaban J connectivity index is 1.56. The molecule has 3 heterocycles. The zero-order valence-corrected chi connectivity index (χ0v) is 15.9. The monoisotopic (exact) mass is 388 g/mol. The van der Waals surface area contributed by atoms with Crippen LogP contribution in [0.3, 0.4) is 0 Å². The van der Waals surface area contributed by atoms with Crippen LogP contribution in [0, 0.1) is 0 Å². The van der Waals surface area contributed by atoms with Crippen LogP contribution in [0.5, 0.6) is 5.75 Å². The number of piperidine rings is 1. The Hall–Kier alpha value is -2.19. The zero-order chi connectivity index (χ0) is 18.8. The molecule has 0 saturated carbocycles. The third kappa shape index (κ3) is 4.06. The van der Waals surface area contributed by atoms with Crippen LogP contribution < -0.4 is 15.8 Å². The van der Waals surface area contributed by atoms with Crippen molar-refractivity contribution in [3.63, 3.8) is 0 Å². The zero-order valence-electron chi connectivity index (χ0n) is 15.1. The molecule has 7 nitrogen and oxygen atoms in total. The molecule has 2 fully saturated rings. The SMILES string of the molecule is NC(=O)c1cc(-c2cnn(C3CCS(=O)C3)c2)ccc1OC1CCNCC1. The van der Waals surface area contributed by atoms with Gasteiger partial charge in [-0.25, -0.2) is 0 Å². The maximum Gasteiger partial charge on any atom is 0.252 e. The number of benzene rings is 1. The van der Waals surface area contributed by atoms with Crippen LogP contribution in [-0.2, 0) is 10.8 Å². The highest BCUT2D eigenvalue weighted by Gasteiger charge is 2.24. The van der Waals surface area contributed by atoms with Crippen molar-refractivity contribution >= 4 is 16.7 Å². The summed E-state index contributed by atoms with van der Waals surface area (Å²) in [5, 5.41) is 7.72. The minimum Gasteiger partial charge on any atom is -0.489 e. The van der Waals surface area contributed by atoms with Crippen molar-refractivity contribution < 1.29 is 13.7 Å². The predicted octanol–water partition coefficient (Wildman–Crippen LogP) is 1.47. The van der Waals surface area contributed by atoms with E-state index in [2.05, 4.69) is 10.4 Å². The second kappa shape index (κ2) is 7.82. The lowest BCUT2D eigenvalue weighted by Gasteiger charge is -2.24. The van der Waals surface area contributed by atoms with Crippen molar-refractivity contribution in [3.8, 4) is 16.9 Å². The fourth-order valence-electron chi connectivity index (χ4n) is 3.64. The Morgan fingerprint density at radius 2 is 2.07 bits per heavy atom. The van der Waals surface area contributed by atoms with Gasteiger partial charge >= 0.3 is 0 Å². The molecule has 0 radical (unpaired) electrons. The lowest BCUT2D eigenvalue weighted by molar-refractivity contribution is 0.0989. The first kappa shape index (κ1) is 18.2. The van der Waals surface area contributed by atoms with E-state index in [4.69, 9.17) is 10.5 Å². The van der Waals surface area contributed by atoms with Gasteiger partial charge in [0.2, 0.25) is 0 Å². The molecule has 1 amide bonds. The van der Waals surface area contributed by atoms with E-state index in [1.165, 1.54) is 0 Å². The number of carbonyl (C=O) groups is 1. The van der Waals surface area contributed by atoms with Crippen LogP contribution in [0.25, 0.3) is 11.1 Å². The second-order valence-electron chi connectivity index (χ2n) is 7.10. The van der Waals surface area contributed by atoms with Gasteiger partial charge in [0, 0.05) is 34.1 Å². The number of primary amides is 1. The van der Waals surface area contributed by atoms with Crippen LogP contribution in [-0.4, -0.2) is 50.6 Å². The molecule has 27 heavy (non-hydrogen) atoms. The summed E-state index contributed by atoms with van der Waals surface area (Å²) >= 11 is 0. The van der Waals surface area contributed by atoms with Gasteiger partial charge in [-0.2, -0.15) is 5.10 Å². The Morgan fingerprint density at radius 3 is 2.78 bits per heavy atom. The first-order valence-electron chi connectivity index (χ1n) is 9.31. The molecule has 4 rings (SSSR count). The minimum absolute atomic E-state index is 0.0983. The number of hydrogen-bond acceptors (Lipinski definition) is 5. The standard InChI is InChI=1S/C19H24N4O3S/c20-19(24)17-9-13(1-2-18(17)26-16-3-6-21-7-4-16)14-10-22-23(11-14)15-5-8-27(25)12-15/h1-2,9-11,15-16,21H,3-8,12H2,(H2,20,24). The van der Waals surface area contributed by atoms with Gasteiger partial charge in [-0.15, -0.1) is 0 Å². The van der Waals surface area contributed by atoms with Crippen LogP contribution >= 0.6 is 0 Å². The Bertz CT molecular complexity index is 860. The van der Waals surface area contributed by atoms with E-state index in [1.807, 2.05) is 23.0 Å². The van der Waals surface area contributed by atoms with Gasteiger partial charge in [0.05, 0.1) is 17.8 Å². The summed E-state index contributed by atoms with van der Waals surface area (Å²) in [6.45, 7) is 1.83. The molecule has 1 aromatic carbocycles. The summed E-state index contributed by atoms with van der Waals surface area (Å²) < 4.78 is 19.5. The summed E-state index contributed by atoms with van der Waals surface area (Å²) in [6.07, 6.45) is 6.52. The number of nitrogens with zero attached hydrogens (tertiary/aromatic N) is 2. The van der Waals surface area contributed by atoms with Crippen molar-refractivity contribution in [3.05, 3.63) is 36.2 Å². The minimum atomic E-state index is -0.749. The summed E-state index contributed by atoms with van der Waals surface area (Å²) in [5.41, 5.74) is 7.76. The number of aromatic nitrogens is 2. The van der Waals surface area contributed by atoms with E-state index in [1.54, 1.807) is 12.3 Å². The summed E-state index contributed by atoms with van der Waals surface area (Å²) in [7, 11) is -0.749. The van der Waals surface area contributed by atoms with E-state index in [-0.39, 0.29) is 12.1 Å². The molecule has 0 aliphatic carbocycles. The van der Waals surface area contributed by atoms with Crippen molar-refractivity contribution in [1.82, 2.24) is 15.1 Å². The van der Waals surface area contributed by atoms with Gasteiger partial charge in [-0.05, 0) is 50.0 Å². The third-order valence-electron chi connectivity index (χ3n) is 5.19. The van der Waals surface area contributed by atoms with Crippen molar-refractivity contribution in [2.75, 3.05) is 24.6 Å². The third-order valence-corrected chi connectivity index (χ3v) is 6.64. The fraction of sp³-hybridized carbons (Fsp3) is 0.474. The Morgan fingerprint density at radius 1 is 1.26 bits per heavy atom. The Kier molecular flexibility index (Phi) is 5.27. The van der Waals surface area contributed by atoms with E-state index < -0.39 is 16.7 Å². The largest absolute Gasteiger partial charge is 0.489 e. The molecule has 8 heteroatoms. The number of rotatable bonds is 5. The number of carbonyl (C=O) groups excluding carboxylic acids is 1. The molecule has 2 unspecified atom stereocenters. The molecule has 3 N–H and O–H groups in total. The summed E-state index contributed by atoms with van der Waals surface area (Å²) in [4.78, 5) is 12.0. The molecule has 1 aromatic heterocycles. The lowest BCUT2D eigenvalue weighted by atomic mass is 10.0. The molecule has 0 spiro atoms. The highest BCUT2D eigenvalue weighted by Crippen LogP contribution is 2.29. The van der Waals surface area contributed by atoms with Gasteiger partial charge in [0.25, 0.3) is 5.91 Å². The normalized spacial score (nSPS) is 23.4. The first-order valence-corrected chi connectivity index (χ1v) is 10.8. The van der Waals surface area contributed by atoms with Crippen LogP contribution in [0.4, 0.5) is 0 Å². The van der Waals surface area contributed by atoms with E-state index in [0.717, 1.165) is 49.2 Å². The fourth-order valence-corrected chi connectivity index (χ4v) is 5.09. The molecular formula is C19H24N4O3S. The van der Waals surface area contributed by atoms with Crippen LogP contribution in [0.1, 0.15) is 35.7 Å². The number of hydrogen-bond donors (Lipinski definition) is 2. The quantitative estimate of drug-likeness (QED) is 0.808. The van der Waals surface area contributed by atoms with Gasteiger partial charge in [0.1, 0.15) is 11.9 Å². The smallest absolute Gasteiger partial charge is 0.252 e.